The van der Waals surface area contributed by atoms with Crippen LogP contribution in [0.15, 0.2) is 0 Å². The van der Waals surface area contributed by atoms with Crippen LogP contribution in [0.1, 0.15) is 0 Å². The van der Waals surface area contributed by atoms with E-state index in [1.807, 2.05) is 0 Å². The Bertz CT molecular complexity index is 5.25. The minimum Gasteiger partial charge on any atom is -0.579 e. The highest BCUT2D eigenvalue weighted by atomic mass is 32.1. The van der Waals surface area contributed by atoms with Crippen molar-refractivity contribution in [3.63, 3.8) is 0 Å². The topological polar surface area (TPSA) is 38.7 Å². The van der Waals surface area contributed by atoms with Gasteiger partial charge in [-0.25, -0.2) is 5.26 Å². The molecule has 0 radical (unpaired) electrons. The normalized spacial score (nSPS) is 7.50. The van der Waals surface area contributed by atoms with Gasteiger partial charge < -0.3 is 17.2 Å². The first-order valence-electron chi connectivity index (χ1n) is 0.516. The van der Waals surface area contributed by atoms with Gasteiger partial charge in [0.1, 0.15) is 0 Å². The Morgan fingerprint density at radius 1 is 1.75 bits per heavy atom. The lowest BCUT2D eigenvalue weighted by Gasteiger charge is -1.92. The molecule has 0 spiro atoms. The van der Waals surface area contributed by atoms with Crippen molar-refractivity contribution in [2.45, 2.75) is 0 Å². The summed E-state index contributed by atoms with van der Waals surface area (Å²) in [5.74, 6) is 0. The van der Waals surface area contributed by atoms with E-state index >= 15 is 0 Å². The molecule has 0 saturated carbocycles. The summed E-state index contributed by atoms with van der Waals surface area (Å²) in [5.41, 5.74) is 0. The van der Waals surface area contributed by atoms with Crippen LogP contribution in [-0.2, 0) is 22.3 Å². The van der Waals surface area contributed by atoms with E-state index in [1.165, 1.54) is 0 Å². The molecular formula is HO3S-. The Hall–Kier alpha value is 0.230. The summed E-state index contributed by atoms with van der Waals surface area (Å²) < 4.78 is 3.18. The highest BCUT2D eigenvalue weighted by molar-refractivity contribution is 7.52. The van der Waals surface area contributed by atoms with Gasteiger partial charge in [0.05, 0.1) is 0 Å². The molecule has 0 atom stereocenters. The van der Waals surface area contributed by atoms with Gasteiger partial charge in [-0.15, -0.1) is 0 Å². The van der Waals surface area contributed by atoms with Crippen LogP contribution in [0.3, 0.4) is 0 Å². The minimum atomic E-state index is 2.86. The fourth-order valence-corrected chi connectivity index (χ4v) is 0. The smallest absolute Gasteiger partial charge is 0.0963 e. The number of rotatable bonds is 1. The zero-order valence-electron chi connectivity index (χ0n) is 1.67. The fraction of sp³-hybridized carbons (Fsp3) is 0. The second-order valence-electron chi connectivity index (χ2n) is 0.143. The first-order valence-corrected chi connectivity index (χ1v) is 0.849. The molecule has 0 amide bonds. The maximum absolute atomic E-state index is 7.05. The van der Waals surface area contributed by atoms with Gasteiger partial charge in [-0.3, -0.25) is 0 Å². The molecule has 0 aromatic heterocycles. The molecule has 26 valence electrons. The first kappa shape index (κ1) is 4.23. The zero-order valence-corrected chi connectivity index (χ0v) is 2.49. The third-order valence-electron chi connectivity index (χ3n) is 0.0304. The molecule has 0 aromatic carbocycles. The predicted molar refractivity (Wildman–Crippen MR) is 12.2 cm³/mol. The van der Waals surface area contributed by atoms with E-state index in [-0.39, 0.29) is 0 Å². The summed E-state index contributed by atoms with van der Waals surface area (Å²) in [5, 5.41) is 9.91. The summed E-state index contributed by atoms with van der Waals surface area (Å²) in [6.45, 7) is 0. The number of hydrogen-bond acceptors (Lipinski definition) is 4. The molecule has 0 aliphatic heterocycles. The SMILES string of the molecule is OOO[S-]. The molecule has 0 bridgehead atoms. The van der Waals surface area contributed by atoms with Crippen LogP contribution in [0.5, 0.6) is 0 Å². The van der Waals surface area contributed by atoms with E-state index < -0.39 is 0 Å². The molecule has 0 aliphatic rings. The largest absolute Gasteiger partial charge is 0.579 e. The molecule has 0 aliphatic carbocycles. The summed E-state index contributed by atoms with van der Waals surface area (Å²) in [7, 11) is 0. The van der Waals surface area contributed by atoms with Crippen LogP contribution in [0.4, 0.5) is 0 Å². The molecule has 0 rings (SSSR count). The average molecular weight is 81.1 g/mol. The van der Waals surface area contributed by atoms with Crippen molar-refractivity contribution >= 4 is 12.9 Å². The molecule has 3 nitrogen and oxygen atoms in total. The van der Waals surface area contributed by atoms with Crippen molar-refractivity contribution in [1.82, 2.24) is 0 Å². The lowest BCUT2D eigenvalue weighted by molar-refractivity contribution is -0.431. The Morgan fingerprint density at radius 2 is 2.00 bits per heavy atom. The van der Waals surface area contributed by atoms with Gasteiger partial charge in [-0.2, -0.15) is 0 Å². The van der Waals surface area contributed by atoms with Gasteiger partial charge in [-0.1, -0.05) is 5.04 Å². The highest BCUT2D eigenvalue weighted by Crippen LogP contribution is 1.53. The van der Waals surface area contributed by atoms with Crippen molar-refractivity contribution in [1.29, 1.82) is 0 Å². The lowest BCUT2D eigenvalue weighted by Crippen LogP contribution is -1.71. The van der Waals surface area contributed by atoms with Gasteiger partial charge in [0.25, 0.3) is 0 Å². The summed E-state index contributed by atoms with van der Waals surface area (Å²) in [4.78, 5) is 0. The summed E-state index contributed by atoms with van der Waals surface area (Å²) in [6.07, 6.45) is 0. The molecule has 0 aromatic rings. The van der Waals surface area contributed by atoms with Crippen LogP contribution >= 0.6 is 0 Å². The standard InChI is InChI=1S/H2O3S/c1-2-3-4/h1,4H/p-1. The second kappa shape index (κ2) is 3.23. The van der Waals surface area contributed by atoms with Gasteiger partial charge in [-0.05, 0) is 0 Å². The molecule has 0 heterocycles. The monoisotopic (exact) mass is 81.0 g/mol. The first-order chi connectivity index (χ1) is 1.91. The summed E-state index contributed by atoms with van der Waals surface area (Å²) >= 11 is 3.58. The molecule has 0 unspecified atom stereocenters. The number of hydrogen-bond donors (Lipinski definition) is 1. The van der Waals surface area contributed by atoms with Gasteiger partial charge in [0.2, 0.25) is 0 Å². The minimum absolute atomic E-state index is 2.86. The van der Waals surface area contributed by atoms with Crippen LogP contribution in [0.2, 0.25) is 0 Å². The van der Waals surface area contributed by atoms with Gasteiger partial charge in [0.15, 0.2) is 0 Å². The Kier molecular flexibility index (Phi) is 3.42. The maximum atomic E-state index is 7.05. The van der Waals surface area contributed by atoms with Crippen molar-refractivity contribution in [2.75, 3.05) is 0 Å². The van der Waals surface area contributed by atoms with E-state index in [0.717, 1.165) is 0 Å². The second-order valence-corrected chi connectivity index (χ2v) is 0.279. The van der Waals surface area contributed by atoms with E-state index in [2.05, 4.69) is 22.3 Å². The van der Waals surface area contributed by atoms with Crippen LogP contribution < -0.4 is 0 Å². The zero-order chi connectivity index (χ0) is 3.41. The third kappa shape index (κ3) is 2.23. The molecule has 0 fully saturated rings. The molecular weight excluding hydrogens is 80.1 g/mol. The summed E-state index contributed by atoms with van der Waals surface area (Å²) in [6, 6.07) is 0. The van der Waals surface area contributed by atoms with Crippen LogP contribution in [-0.4, -0.2) is 5.26 Å². The Balaban J connectivity index is 1.97. The molecule has 4 heteroatoms. The fourth-order valence-electron chi connectivity index (χ4n) is 0. The lowest BCUT2D eigenvalue weighted by atomic mass is 14.6. The average Bonchev–Trinajstić information content (AvgIpc) is 1.37. The molecule has 1 N–H and O–H groups in total. The van der Waals surface area contributed by atoms with Crippen molar-refractivity contribution < 1.29 is 14.6 Å². The quantitative estimate of drug-likeness (QED) is 0.271. The molecule has 4 heavy (non-hydrogen) atoms. The van der Waals surface area contributed by atoms with E-state index in [0.29, 0.717) is 0 Å². The van der Waals surface area contributed by atoms with E-state index in [9.17, 15) is 0 Å². The third-order valence-corrected chi connectivity index (χ3v) is 0.0913. The van der Waals surface area contributed by atoms with Crippen molar-refractivity contribution in [2.24, 2.45) is 0 Å². The van der Waals surface area contributed by atoms with Crippen LogP contribution in [0, 0.1) is 0 Å². The van der Waals surface area contributed by atoms with Crippen molar-refractivity contribution in [3.8, 4) is 0 Å². The van der Waals surface area contributed by atoms with E-state index in [1.54, 1.807) is 0 Å². The van der Waals surface area contributed by atoms with Crippen LogP contribution in [0.25, 0.3) is 0 Å². The Morgan fingerprint density at radius 3 is 2.00 bits per heavy atom. The molecule has 0 saturated heterocycles. The highest BCUT2D eigenvalue weighted by Gasteiger charge is 1.36. The van der Waals surface area contributed by atoms with Gasteiger partial charge >= 0.3 is 0 Å². The predicted octanol–water partition coefficient (Wildman–Crippen LogP) is -0.131. The Labute approximate surface area is 28.6 Å². The van der Waals surface area contributed by atoms with Gasteiger partial charge in [0, 0.05) is 0 Å². The van der Waals surface area contributed by atoms with Crippen molar-refractivity contribution in [3.05, 3.63) is 0 Å². The maximum Gasteiger partial charge on any atom is -0.0963 e. The van der Waals surface area contributed by atoms with E-state index in [4.69, 9.17) is 5.26 Å².